The minimum atomic E-state index is -3.66. The first-order valence-electron chi connectivity index (χ1n) is 5.48. The molecule has 1 aromatic heterocycles. The number of thiophene rings is 1. The highest BCUT2D eigenvalue weighted by atomic mass is 79.9. The van der Waals surface area contributed by atoms with Crippen molar-refractivity contribution >= 4 is 54.6 Å². The van der Waals surface area contributed by atoms with Crippen LogP contribution in [0.25, 0.3) is 0 Å². The number of benzene rings is 1. The van der Waals surface area contributed by atoms with Crippen molar-refractivity contribution in [3.05, 3.63) is 44.7 Å². The van der Waals surface area contributed by atoms with Crippen molar-refractivity contribution in [1.82, 2.24) is 0 Å². The number of rotatable bonds is 5. The Bertz CT molecular complexity index is 696. The molecular formula is C12H11BrClNO3S2. The van der Waals surface area contributed by atoms with Gasteiger partial charge in [0.15, 0.2) is 0 Å². The van der Waals surface area contributed by atoms with Gasteiger partial charge in [-0.15, -0.1) is 11.3 Å². The van der Waals surface area contributed by atoms with Crippen molar-refractivity contribution in [1.29, 1.82) is 0 Å². The summed E-state index contributed by atoms with van der Waals surface area (Å²) in [6, 6.07) is 8.49. The van der Waals surface area contributed by atoms with Gasteiger partial charge in [-0.25, -0.2) is 8.42 Å². The van der Waals surface area contributed by atoms with Crippen LogP contribution >= 0.6 is 38.9 Å². The first kappa shape index (κ1) is 15.8. The Morgan fingerprint density at radius 2 is 2.10 bits per heavy atom. The number of halogens is 2. The van der Waals surface area contributed by atoms with Crippen LogP contribution in [0.3, 0.4) is 0 Å². The van der Waals surface area contributed by atoms with E-state index >= 15 is 0 Å². The van der Waals surface area contributed by atoms with Gasteiger partial charge in [-0.3, -0.25) is 4.72 Å². The van der Waals surface area contributed by atoms with Crippen LogP contribution in [0.15, 0.2) is 38.3 Å². The molecule has 1 aromatic carbocycles. The SMILES string of the molecule is COCc1ccccc1NS(=O)(=O)c1cc(Cl)c(Br)s1. The number of methoxy groups -OCH3 is 1. The fourth-order valence-corrected chi connectivity index (χ4v) is 5.05. The van der Waals surface area contributed by atoms with E-state index in [9.17, 15) is 8.42 Å². The van der Waals surface area contributed by atoms with Gasteiger partial charge < -0.3 is 4.74 Å². The summed E-state index contributed by atoms with van der Waals surface area (Å²) in [6.45, 7) is 0.327. The topological polar surface area (TPSA) is 55.4 Å². The molecule has 0 aliphatic rings. The molecule has 0 aliphatic carbocycles. The Kier molecular flexibility index (Phi) is 5.09. The lowest BCUT2D eigenvalue weighted by molar-refractivity contribution is 0.185. The third-order valence-corrected chi connectivity index (χ3v) is 6.76. The molecule has 8 heteroatoms. The molecule has 0 radical (unpaired) electrons. The fraction of sp³-hybridized carbons (Fsp3) is 0.167. The summed E-state index contributed by atoms with van der Waals surface area (Å²) >= 11 is 10.1. The summed E-state index contributed by atoms with van der Waals surface area (Å²) in [7, 11) is -2.10. The molecule has 2 aromatic rings. The summed E-state index contributed by atoms with van der Waals surface area (Å²) in [6.07, 6.45) is 0. The third kappa shape index (κ3) is 3.53. The molecule has 1 N–H and O–H groups in total. The second-order valence-electron chi connectivity index (χ2n) is 3.88. The quantitative estimate of drug-likeness (QED) is 0.827. The van der Waals surface area contributed by atoms with E-state index in [1.807, 2.05) is 6.07 Å². The Morgan fingerprint density at radius 3 is 2.70 bits per heavy atom. The second-order valence-corrected chi connectivity index (χ2v) is 8.57. The number of anilines is 1. The standard InChI is InChI=1S/C12H11BrClNO3S2/c1-18-7-8-4-2-3-5-10(8)15-20(16,17)11-6-9(14)12(13)19-11/h2-6,15H,7H2,1H3. The van der Waals surface area contributed by atoms with Gasteiger partial charge in [-0.1, -0.05) is 29.8 Å². The predicted octanol–water partition coefficient (Wildman–Crippen LogP) is 4.11. The van der Waals surface area contributed by atoms with Gasteiger partial charge in [0.05, 0.1) is 21.1 Å². The second kappa shape index (κ2) is 6.44. The molecule has 0 amide bonds. The largest absolute Gasteiger partial charge is 0.380 e. The summed E-state index contributed by atoms with van der Waals surface area (Å²) in [5.74, 6) is 0. The van der Waals surface area contributed by atoms with Gasteiger partial charge in [-0.05, 0) is 28.1 Å². The van der Waals surface area contributed by atoms with Gasteiger partial charge >= 0.3 is 0 Å². The molecule has 0 unspecified atom stereocenters. The van der Waals surface area contributed by atoms with E-state index in [0.717, 1.165) is 16.9 Å². The van der Waals surface area contributed by atoms with Crippen LogP contribution in [0.5, 0.6) is 0 Å². The first-order valence-corrected chi connectivity index (χ1v) is 8.95. The molecule has 2 rings (SSSR count). The molecule has 1 heterocycles. The minimum Gasteiger partial charge on any atom is -0.380 e. The number of sulfonamides is 1. The fourth-order valence-electron chi connectivity index (χ4n) is 1.56. The summed E-state index contributed by atoms with van der Waals surface area (Å²) in [5, 5.41) is 0.376. The molecule has 0 fully saturated rings. The average Bonchev–Trinajstić information content (AvgIpc) is 2.73. The zero-order valence-corrected chi connectivity index (χ0v) is 14.4. The molecule has 108 valence electrons. The highest BCUT2D eigenvalue weighted by molar-refractivity contribution is 9.11. The molecule has 4 nitrogen and oxygen atoms in total. The van der Waals surface area contributed by atoms with Crippen LogP contribution in [-0.2, 0) is 21.4 Å². The van der Waals surface area contributed by atoms with E-state index in [2.05, 4.69) is 20.7 Å². The molecular weight excluding hydrogens is 386 g/mol. The number of hydrogen-bond acceptors (Lipinski definition) is 4. The molecule has 0 atom stereocenters. The van der Waals surface area contributed by atoms with Gasteiger partial charge in [0.1, 0.15) is 4.21 Å². The number of nitrogens with one attached hydrogen (secondary N) is 1. The van der Waals surface area contributed by atoms with Crippen LogP contribution in [0.2, 0.25) is 5.02 Å². The van der Waals surface area contributed by atoms with Crippen molar-refractivity contribution in [2.24, 2.45) is 0 Å². The van der Waals surface area contributed by atoms with E-state index in [0.29, 0.717) is 21.1 Å². The van der Waals surface area contributed by atoms with Crippen LogP contribution < -0.4 is 4.72 Å². The Hall–Kier alpha value is -0.600. The maximum absolute atomic E-state index is 12.3. The van der Waals surface area contributed by atoms with E-state index in [-0.39, 0.29) is 4.21 Å². The van der Waals surface area contributed by atoms with Crippen molar-refractivity contribution in [3.63, 3.8) is 0 Å². The third-order valence-electron chi connectivity index (χ3n) is 2.45. The summed E-state index contributed by atoms with van der Waals surface area (Å²) in [4.78, 5) is 0. The highest BCUT2D eigenvalue weighted by Crippen LogP contribution is 2.35. The van der Waals surface area contributed by atoms with Gasteiger partial charge in [-0.2, -0.15) is 0 Å². The normalized spacial score (nSPS) is 11.6. The molecule has 0 aliphatic heterocycles. The number of ether oxygens (including phenoxy) is 1. The maximum Gasteiger partial charge on any atom is 0.271 e. The van der Waals surface area contributed by atoms with Crippen molar-refractivity contribution in [3.8, 4) is 0 Å². The predicted molar refractivity (Wildman–Crippen MR) is 85.0 cm³/mol. The van der Waals surface area contributed by atoms with Gasteiger partial charge in [0.25, 0.3) is 10.0 Å². The lowest BCUT2D eigenvalue weighted by Gasteiger charge is -2.10. The van der Waals surface area contributed by atoms with E-state index in [4.69, 9.17) is 16.3 Å². The Morgan fingerprint density at radius 1 is 1.40 bits per heavy atom. The van der Waals surface area contributed by atoms with Crippen LogP contribution in [0, 0.1) is 0 Å². The van der Waals surface area contributed by atoms with Crippen molar-refractivity contribution < 1.29 is 13.2 Å². The molecule has 0 saturated carbocycles. The van der Waals surface area contributed by atoms with E-state index in [1.165, 1.54) is 6.07 Å². The zero-order valence-electron chi connectivity index (χ0n) is 10.4. The Balaban J connectivity index is 2.33. The maximum atomic E-state index is 12.3. The lowest BCUT2D eigenvalue weighted by atomic mass is 10.2. The highest BCUT2D eigenvalue weighted by Gasteiger charge is 2.20. The number of para-hydroxylation sites is 1. The molecule has 0 saturated heterocycles. The average molecular weight is 397 g/mol. The first-order chi connectivity index (χ1) is 9.44. The number of hydrogen-bond donors (Lipinski definition) is 1. The summed E-state index contributed by atoms with van der Waals surface area (Å²) in [5.41, 5.74) is 1.26. The van der Waals surface area contributed by atoms with Crippen LogP contribution in [0.1, 0.15) is 5.56 Å². The minimum absolute atomic E-state index is 0.154. The zero-order chi connectivity index (χ0) is 14.8. The van der Waals surface area contributed by atoms with E-state index in [1.54, 1.807) is 25.3 Å². The van der Waals surface area contributed by atoms with Gasteiger partial charge in [0, 0.05) is 12.7 Å². The van der Waals surface area contributed by atoms with E-state index < -0.39 is 10.0 Å². The smallest absolute Gasteiger partial charge is 0.271 e. The van der Waals surface area contributed by atoms with Crippen molar-refractivity contribution in [2.45, 2.75) is 10.8 Å². The molecule has 20 heavy (non-hydrogen) atoms. The summed E-state index contributed by atoms with van der Waals surface area (Å²) < 4.78 is 33.0. The van der Waals surface area contributed by atoms with Gasteiger partial charge in [0.2, 0.25) is 0 Å². The lowest BCUT2D eigenvalue weighted by Crippen LogP contribution is -2.13. The van der Waals surface area contributed by atoms with Crippen LogP contribution in [-0.4, -0.2) is 15.5 Å². The Labute approximate surface area is 134 Å². The molecule has 0 bridgehead atoms. The molecule has 0 spiro atoms. The van der Waals surface area contributed by atoms with Crippen LogP contribution in [0.4, 0.5) is 5.69 Å². The monoisotopic (exact) mass is 395 g/mol. The van der Waals surface area contributed by atoms with Crippen molar-refractivity contribution in [2.75, 3.05) is 11.8 Å².